The first-order chi connectivity index (χ1) is 16.0. The molecule has 0 radical (unpaired) electrons. The Balaban J connectivity index is 1.74. The number of carbonyl (C=O) groups is 3. The summed E-state index contributed by atoms with van der Waals surface area (Å²) in [5, 5.41) is 9.02. The van der Waals surface area contributed by atoms with Crippen LogP contribution in [-0.2, 0) is 20.9 Å². The van der Waals surface area contributed by atoms with Crippen molar-refractivity contribution in [1.82, 2.24) is 5.32 Å². The molecule has 3 N–H and O–H groups in total. The molecule has 0 bridgehead atoms. The fraction of sp³-hybridized carbons (Fsp3) is 0.115. The van der Waals surface area contributed by atoms with E-state index in [1.54, 1.807) is 18.2 Å². The van der Waals surface area contributed by atoms with Gasteiger partial charge in [0.25, 0.3) is 5.91 Å². The molecule has 0 unspecified atom stereocenters. The second kappa shape index (κ2) is 9.40. The predicted octanol–water partition coefficient (Wildman–Crippen LogP) is 4.04. The van der Waals surface area contributed by atoms with Crippen LogP contribution in [-0.4, -0.2) is 24.9 Å². The first kappa shape index (κ1) is 21.8. The lowest BCUT2D eigenvalue weighted by Gasteiger charge is -2.15. The van der Waals surface area contributed by atoms with Crippen LogP contribution in [0.3, 0.4) is 0 Å². The van der Waals surface area contributed by atoms with Crippen molar-refractivity contribution in [2.45, 2.75) is 13.5 Å². The number of carbonyl (C=O) groups excluding carboxylic acids is 3. The van der Waals surface area contributed by atoms with Crippen LogP contribution in [0.25, 0.3) is 11.3 Å². The lowest BCUT2D eigenvalue weighted by atomic mass is 9.99. The van der Waals surface area contributed by atoms with E-state index in [4.69, 9.17) is 4.74 Å². The number of rotatable bonds is 6. The smallest absolute Gasteiger partial charge is 0.337 e. The zero-order valence-electron chi connectivity index (χ0n) is 18.3. The van der Waals surface area contributed by atoms with E-state index in [2.05, 4.69) is 16.0 Å². The van der Waals surface area contributed by atoms with Gasteiger partial charge in [0, 0.05) is 24.7 Å². The molecule has 7 nitrogen and oxygen atoms in total. The van der Waals surface area contributed by atoms with Crippen molar-refractivity contribution >= 4 is 40.4 Å². The molecular formula is C26H23N3O4. The number of ether oxygens (including phenoxy) is 1. The van der Waals surface area contributed by atoms with Crippen LogP contribution < -0.4 is 16.0 Å². The number of hydrogen-bond acceptors (Lipinski definition) is 5. The van der Waals surface area contributed by atoms with Crippen LogP contribution >= 0.6 is 0 Å². The van der Waals surface area contributed by atoms with Crippen molar-refractivity contribution < 1.29 is 19.1 Å². The average molecular weight is 441 g/mol. The molecule has 0 saturated carbocycles. The summed E-state index contributed by atoms with van der Waals surface area (Å²) < 4.78 is 4.79. The minimum Gasteiger partial charge on any atom is -0.465 e. The summed E-state index contributed by atoms with van der Waals surface area (Å²) >= 11 is 0. The highest BCUT2D eigenvalue weighted by Crippen LogP contribution is 2.38. The molecule has 0 aromatic heterocycles. The van der Waals surface area contributed by atoms with E-state index in [-0.39, 0.29) is 11.8 Å². The van der Waals surface area contributed by atoms with Crippen LogP contribution in [0.5, 0.6) is 0 Å². The molecule has 0 saturated heterocycles. The van der Waals surface area contributed by atoms with Crippen LogP contribution in [0.4, 0.5) is 11.4 Å². The third-order valence-electron chi connectivity index (χ3n) is 5.26. The maximum absolute atomic E-state index is 13.0. The third kappa shape index (κ3) is 4.77. The maximum atomic E-state index is 13.0. The Morgan fingerprint density at radius 2 is 1.67 bits per heavy atom. The van der Waals surface area contributed by atoms with Gasteiger partial charge in [-0.1, -0.05) is 48.5 Å². The maximum Gasteiger partial charge on any atom is 0.337 e. The number of hydrogen-bond donors (Lipinski definition) is 3. The summed E-state index contributed by atoms with van der Waals surface area (Å²) in [5.74, 6) is -0.819. The van der Waals surface area contributed by atoms with E-state index in [0.717, 1.165) is 16.8 Å². The largest absolute Gasteiger partial charge is 0.465 e. The Morgan fingerprint density at radius 3 is 2.33 bits per heavy atom. The fourth-order valence-electron chi connectivity index (χ4n) is 3.63. The van der Waals surface area contributed by atoms with Crippen LogP contribution in [0, 0.1) is 0 Å². The van der Waals surface area contributed by atoms with Crippen molar-refractivity contribution in [3.05, 3.63) is 95.1 Å². The number of esters is 1. The molecule has 166 valence electrons. The first-order valence-corrected chi connectivity index (χ1v) is 10.4. The van der Waals surface area contributed by atoms with Crippen LogP contribution in [0.2, 0.25) is 0 Å². The first-order valence-electron chi connectivity index (χ1n) is 10.4. The van der Waals surface area contributed by atoms with Gasteiger partial charge in [0.05, 0.1) is 29.6 Å². The Morgan fingerprint density at radius 1 is 0.939 bits per heavy atom. The van der Waals surface area contributed by atoms with Gasteiger partial charge in [-0.15, -0.1) is 0 Å². The molecule has 0 fully saturated rings. The topological polar surface area (TPSA) is 96.5 Å². The molecule has 3 aromatic rings. The molecule has 1 aliphatic heterocycles. The summed E-state index contributed by atoms with van der Waals surface area (Å²) in [6, 6.07) is 22.2. The van der Waals surface area contributed by atoms with Gasteiger partial charge in [-0.2, -0.15) is 0 Å². The van der Waals surface area contributed by atoms with Gasteiger partial charge in [0.15, 0.2) is 0 Å². The van der Waals surface area contributed by atoms with E-state index < -0.39 is 5.97 Å². The monoisotopic (exact) mass is 441 g/mol. The van der Waals surface area contributed by atoms with Crippen molar-refractivity contribution in [2.24, 2.45) is 0 Å². The quantitative estimate of drug-likeness (QED) is 0.396. The van der Waals surface area contributed by atoms with E-state index in [0.29, 0.717) is 34.6 Å². The highest BCUT2D eigenvalue weighted by atomic mass is 16.5. The number of anilines is 2. The Labute approximate surface area is 191 Å². The third-order valence-corrected chi connectivity index (χ3v) is 5.26. The van der Waals surface area contributed by atoms with Crippen LogP contribution in [0.15, 0.2) is 72.8 Å². The van der Waals surface area contributed by atoms with E-state index in [1.807, 2.05) is 54.6 Å². The van der Waals surface area contributed by atoms with Crippen molar-refractivity contribution in [1.29, 1.82) is 0 Å². The molecule has 3 aromatic carbocycles. The number of benzene rings is 3. The van der Waals surface area contributed by atoms with Gasteiger partial charge in [-0.3, -0.25) is 9.59 Å². The molecule has 0 aliphatic carbocycles. The minimum absolute atomic E-state index is 0.0884. The summed E-state index contributed by atoms with van der Waals surface area (Å²) in [6.45, 7) is 1.92. The van der Waals surface area contributed by atoms with Gasteiger partial charge in [-0.05, 0) is 35.4 Å². The molecule has 0 atom stereocenters. The standard InChI is InChI=1S/C26H23N3O4/c1-16(30)27-15-17-8-11-20(12-9-17)28-24(18-6-4-3-5-7-18)23-21-13-10-19(26(32)33-2)14-22(21)29-25(23)31/h3-14,28H,15H2,1-2H3,(H,27,30)(H,29,31). The Kier molecular flexibility index (Phi) is 6.22. The summed E-state index contributed by atoms with van der Waals surface area (Å²) in [6.07, 6.45) is 0. The van der Waals surface area contributed by atoms with Gasteiger partial charge in [-0.25, -0.2) is 4.79 Å². The van der Waals surface area contributed by atoms with Crippen molar-refractivity contribution in [2.75, 3.05) is 17.7 Å². The van der Waals surface area contributed by atoms with E-state index in [1.165, 1.54) is 14.0 Å². The second-order valence-electron chi connectivity index (χ2n) is 7.55. The SMILES string of the molecule is COC(=O)c1ccc2c(c1)NC(=O)C2=C(Nc1ccc(CNC(C)=O)cc1)c1ccccc1. The molecule has 7 heteroatoms. The van der Waals surface area contributed by atoms with Crippen molar-refractivity contribution in [3.63, 3.8) is 0 Å². The van der Waals surface area contributed by atoms with Crippen molar-refractivity contribution in [3.8, 4) is 0 Å². The van der Waals surface area contributed by atoms with E-state index >= 15 is 0 Å². The fourth-order valence-corrected chi connectivity index (χ4v) is 3.63. The molecule has 1 aliphatic rings. The average Bonchev–Trinajstić information content (AvgIpc) is 3.16. The lowest BCUT2D eigenvalue weighted by Crippen LogP contribution is -2.18. The molecule has 4 rings (SSSR count). The number of fused-ring (bicyclic) bond motifs is 1. The number of methoxy groups -OCH3 is 1. The lowest BCUT2D eigenvalue weighted by molar-refractivity contribution is -0.119. The van der Waals surface area contributed by atoms with Gasteiger partial charge in [0.2, 0.25) is 5.91 Å². The molecule has 0 spiro atoms. The molecular weight excluding hydrogens is 418 g/mol. The zero-order valence-corrected chi connectivity index (χ0v) is 18.3. The summed E-state index contributed by atoms with van der Waals surface area (Å²) in [4.78, 5) is 36.1. The molecule has 33 heavy (non-hydrogen) atoms. The van der Waals surface area contributed by atoms with E-state index in [9.17, 15) is 14.4 Å². The Bertz CT molecular complexity index is 1250. The highest BCUT2D eigenvalue weighted by Gasteiger charge is 2.29. The number of amides is 2. The van der Waals surface area contributed by atoms with Gasteiger partial charge < -0.3 is 20.7 Å². The number of nitrogens with one attached hydrogen (secondary N) is 3. The molecule has 2 amide bonds. The normalized spacial score (nSPS) is 13.6. The van der Waals surface area contributed by atoms with Gasteiger partial charge in [0.1, 0.15) is 0 Å². The van der Waals surface area contributed by atoms with Crippen LogP contribution in [0.1, 0.15) is 34.0 Å². The summed E-state index contributed by atoms with van der Waals surface area (Å²) in [7, 11) is 1.32. The highest BCUT2D eigenvalue weighted by molar-refractivity contribution is 6.37. The molecule has 1 heterocycles. The summed E-state index contributed by atoms with van der Waals surface area (Å²) in [5.41, 5.74) is 5.34. The minimum atomic E-state index is -0.467. The second-order valence-corrected chi connectivity index (χ2v) is 7.55. The zero-order chi connectivity index (χ0) is 23.4. The van der Waals surface area contributed by atoms with Gasteiger partial charge >= 0.3 is 5.97 Å². The predicted molar refractivity (Wildman–Crippen MR) is 127 cm³/mol. The Hall–Kier alpha value is -4.39.